The minimum atomic E-state index is -0.244. The van der Waals surface area contributed by atoms with Crippen LogP contribution in [0.4, 0.5) is 4.39 Å². The highest BCUT2D eigenvalue weighted by molar-refractivity contribution is 5.39. The summed E-state index contributed by atoms with van der Waals surface area (Å²) in [5.41, 5.74) is 7.11. The highest BCUT2D eigenvalue weighted by Gasteiger charge is 2.46. The molecule has 0 aromatic heterocycles. The zero-order chi connectivity index (χ0) is 13.5. The average molecular weight is 263 g/mol. The van der Waals surface area contributed by atoms with Gasteiger partial charge < -0.3 is 10.5 Å². The summed E-state index contributed by atoms with van der Waals surface area (Å²) in [6.07, 6.45) is 6.69. The van der Waals surface area contributed by atoms with Gasteiger partial charge in [-0.3, -0.25) is 0 Å². The molecular formula is C16H22FNO. The lowest BCUT2D eigenvalue weighted by Gasteiger charge is -2.48. The molecule has 3 atom stereocenters. The van der Waals surface area contributed by atoms with Gasteiger partial charge in [-0.2, -0.15) is 0 Å². The highest BCUT2D eigenvalue weighted by Crippen LogP contribution is 2.49. The molecule has 1 saturated carbocycles. The summed E-state index contributed by atoms with van der Waals surface area (Å²) in [5, 5.41) is 0. The Morgan fingerprint density at radius 3 is 3.05 bits per heavy atom. The molecule has 1 aliphatic carbocycles. The van der Waals surface area contributed by atoms with E-state index >= 15 is 0 Å². The van der Waals surface area contributed by atoms with E-state index in [1.54, 1.807) is 6.07 Å². The molecule has 104 valence electrons. The van der Waals surface area contributed by atoms with E-state index in [2.05, 4.69) is 6.92 Å². The molecule has 3 heteroatoms. The van der Waals surface area contributed by atoms with Crippen molar-refractivity contribution < 1.29 is 9.13 Å². The van der Waals surface area contributed by atoms with Crippen LogP contribution in [0.1, 0.15) is 57.1 Å². The molecular weight excluding hydrogens is 241 g/mol. The molecule has 1 aliphatic heterocycles. The lowest BCUT2D eigenvalue weighted by molar-refractivity contribution is -0.0491. The Kier molecular flexibility index (Phi) is 3.25. The third kappa shape index (κ3) is 2.14. The van der Waals surface area contributed by atoms with Crippen molar-refractivity contribution in [1.29, 1.82) is 0 Å². The van der Waals surface area contributed by atoms with Crippen molar-refractivity contribution in [2.75, 3.05) is 0 Å². The zero-order valence-corrected chi connectivity index (χ0v) is 11.5. The Hall–Kier alpha value is -1.09. The minimum Gasteiger partial charge on any atom is -0.486 e. The van der Waals surface area contributed by atoms with E-state index in [1.807, 2.05) is 0 Å². The standard InChI is InChI=1S/C16H22FNO/c1-2-11-5-3-4-8-16(11)10-14(18)13-7-6-12(17)9-15(13)19-16/h6-7,9,11,14H,2-5,8,10,18H2,1H3/t11?,14-,16?/m0/s1. The number of halogens is 1. The number of ether oxygens (including phenoxy) is 1. The number of benzene rings is 1. The molecule has 19 heavy (non-hydrogen) atoms. The molecule has 1 heterocycles. The Balaban J connectivity index is 1.98. The van der Waals surface area contributed by atoms with E-state index in [9.17, 15) is 4.39 Å². The Bertz CT molecular complexity index is 476. The van der Waals surface area contributed by atoms with Crippen molar-refractivity contribution in [3.63, 3.8) is 0 Å². The maximum atomic E-state index is 13.4. The van der Waals surface area contributed by atoms with Crippen LogP contribution in [0.5, 0.6) is 5.75 Å². The summed E-state index contributed by atoms with van der Waals surface area (Å²) < 4.78 is 19.7. The molecule has 3 rings (SSSR count). The third-order valence-corrected chi connectivity index (χ3v) is 4.89. The van der Waals surface area contributed by atoms with Crippen LogP contribution in [-0.4, -0.2) is 5.60 Å². The normalized spacial score (nSPS) is 33.8. The second-order valence-corrected chi connectivity index (χ2v) is 6.01. The van der Waals surface area contributed by atoms with Crippen LogP contribution in [0.15, 0.2) is 18.2 Å². The monoisotopic (exact) mass is 263 g/mol. The molecule has 2 nitrogen and oxygen atoms in total. The van der Waals surface area contributed by atoms with Gasteiger partial charge in [0.25, 0.3) is 0 Å². The first-order chi connectivity index (χ1) is 9.14. The maximum absolute atomic E-state index is 13.4. The second kappa shape index (κ2) is 4.78. The van der Waals surface area contributed by atoms with Gasteiger partial charge in [0.1, 0.15) is 17.2 Å². The molecule has 1 aromatic carbocycles. The van der Waals surface area contributed by atoms with Gasteiger partial charge >= 0.3 is 0 Å². The molecule has 2 aliphatic rings. The second-order valence-electron chi connectivity index (χ2n) is 6.01. The summed E-state index contributed by atoms with van der Waals surface area (Å²) in [6, 6.07) is 4.71. The van der Waals surface area contributed by atoms with Gasteiger partial charge in [0.05, 0.1) is 0 Å². The molecule has 2 unspecified atom stereocenters. The van der Waals surface area contributed by atoms with Crippen LogP contribution in [0.3, 0.4) is 0 Å². The van der Waals surface area contributed by atoms with Crippen molar-refractivity contribution in [1.82, 2.24) is 0 Å². The molecule has 2 N–H and O–H groups in total. The van der Waals surface area contributed by atoms with Crippen LogP contribution in [0, 0.1) is 11.7 Å². The van der Waals surface area contributed by atoms with Crippen LogP contribution >= 0.6 is 0 Å². The van der Waals surface area contributed by atoms with Crippen molar-refractivity contribution in [2.45, 2.75) is 57.1 Å². The molecule has 0 saturated heterocycles. The molecule has 1 spiro atoms. The van der Waals surface area contributed by atoms with Crippen LogP contribution < -0.4 is 10.5 Å². The van der Waals surface area contributed by atoms with Crippen molar-refractivity contribution >= 4 is 0 Å². The van der Waals surface area contributed by atoms with Crippen LogP contribution in [0.25, 0.3) is 0 Å². The van der Waals surface area contributed by atoms with E-state index in [1.165, 1.54) is 31.4 Å². The molecule has 1 fully saturated rings. The van der Waals surface area contributed by atoms with Crippen LogP contribution in [0.2, 0.25) is 0 Å². The van der Waals surface area contributed by atoms with Gasteiger partial charge in [0, 0.05) is 24.1 Å². The SMILES string of the molecule is CCC1CCCCC12C[C@H](N)c1ccc(F)cc1O2. The van der Waals surface area contributed by atoms with Gasteiger partial charge in [-0.15, -0.1) is 0 Å². The van der Waals surface area contributed by atoms with Gasteiger partial charge in [-0.25, -0.2) is 4.39 Å². The molecule has 0 radical (unpaired) electrons. The molecule has 0 amide bonds. The van der Waals surface area contributed by atoms with Crippen molar-refractivity contribution in [2.24, 2.45) is 11.7 Å². The fraction of sp³-hybridized carbons (Fsp3) is 0.625. The maximum Gasteiger partial charge on any atom is 0.127 e. The largest absolute Gasteiger partial charge is 0.486 e. The fourth-order valence-electron chi connectivity index (χ4n) is 3.91. The predicted octanol–water partition coefficient (Wildman–Crippen LogP) is 3.95. The van der Waals surface area contributed by atoms with Crippen molar-refractivity contribution in [3.8, 4) is 5.75 Å². The Labute approximate surface area is 114 Å². The summed E-state index contributed by atoms with van der Waals surface area (Å²) in [7, 11) is 0. The van der Waals surface area contributed by atoms with E-state index in [-0.39, 0.29) is 17.5 Å². The summed E-state index contributed by atoms with van der Waals surface area (Å²) in [5.74, 6) is 0.967. The van der Waals surface area contributed by atoms with Gasteiger partial charge in [-0.05, 0) is 37.7 Å². The summed E-state index contributed by atoms with van der Waals surface area (Å²) in [4.78, 5) is 0. The minimum absolute atomic E-state index is 0.0310. The summed E-state index contributed by atoms with van der Waals surface area (Å²) in [6.45, 7) is 2.22. The zero-order valence-electron chi connectivity index (χ0n) is 11.5. The number of rotatable bonds is 1. The van der Waals surface area contributed by atoms with Gasteiger partial charge in [0.2, 0.25) is 0 Å². The first-order valence-corrected chi connectivity index (χ1v) is 7.38. The average Bonchev–Trinajstić information content (AvgIpc) is 2.38. The highest BCUT2D eigenvalue weighted by atomic mass is 19.1. The van der Waals surface area contributed by atoms with Crippen molar-refractivity contribution in [3.05, 3.63) is 29.6 Å². The summed E-state index contributed by atoms with van der Waals surface area (Å²) >= 11 is 0. The predicted molar refractivity (Wildman–Crippen MR) is 73.6 cm³/mol. The van der Waals surface area contributed by atoms with E-state index in [4.69, 9.17) is 10.5 Å². The fourth-order valence-corrected chi connectivity index (χ4v) is 3.91. The van der Waals surface area contributed by atoms with E-state index < -0.39 is 0 Å². The molecule has 1 aromatic rings. The Morgan fingerprint density at radius 2 is 2.26 bits per heavy atom. The van der Waals surface area contributed by atoms with Gasteiger partial charge in [-0.1, -0.05) is 19.4 Å². The van der Waals surface area contributed by atoms with Crippen LogP contribution in [-0.2, 0) is 0 Å². The van der Waals surface area contributed by atoms with E-state index in [0.29, 0.717) is 11.7 Å². The first-order valence-electron chi connectivity index (χ1n) is 7.38. The number of hydrogen-bond donors (Lipinski definition) is 1. The first kappa shape index (κ1) is 12.9. The number of fused-ring (bicyclic) bond motifs is 1. The number of hydrogen-bond acceptors (Lipinski definition) is 2. The third-order valence-electron chi connectivity index (χ3n) is 4.89. The lowest BCUT2D eigenvalue weighted by Crippen LogP contribution is -2.50. The Morgan fingerprint density at radius 1 is 1.42 bits per heavy atom. The smallest absolute Gasteiger partial charge is 0.127 e. The van der Waals surface area contributed by atoms with Gasteiger partial charge in [0.15, 0.2) is 0 Å². The molecule has 0 bridgehead atoms. The topological polar surface area (TPSA) is 35.2 Å². The lowest BCUT2D eigenvalue weighted by atomic mass is 9.69. The van der Waals surface area contributed by atoms with E-state index in [0.717, 1.165) is 24.8 Å². The quantitative estimate of drug-likeness (QED) is 0.832. The number of nitrogens with two attached hydrogens (primary N) is 1.